The van der Waals surface area contributed by atoms with Gasteiger partial charge in [-0.3, -0.25) is 9.59 Å². The van der Waals surface area contributed by atoms with E-state index in [1.807, 2.05) is 0 Å². The molecule has 10 heteroatoms. The summed E-state index contributed by atoms with van der Waals surface area (Å²) in [5.41, 5.74) is 5.37. The SMILES string of the molecule is Cc1ncc([N+](=O)[O-])n1CCNC(=O)C(N)CC(=O)O. The number of aryl methyl sites for hydroxylation is 1. The fourth-order valence-corrected chi connectivity index (χ4v) is 1.58. The van der Waals surface area contributed by atoms with Gasteiger partial charge in [0.15, 0.2) is 5.82 Å². The predicted octanol–water partition coefficient (Wildman–Crippen LogP) is -0.982. The highest BCUT2D eigenvalue weighted by Gasteiger charge is 2.19. The molecule has 10 nitrogen and oxygen atoms in total. The lowest BCUT2D eigenvalue weighted by Gasteiger charge is -2.09. The molecule has 1 rings (SSSR count). The first kappa shape index (κ1) is 15.6. The molecule has 1 heterocycles. The third-order valence-electron chi connectivity index (χ3n) is 2.59. The number of carboxylic acid groups (broad SMARTS) is 1. The minimum Gasteiger partial charge on any atom is -0.481 e. The fourth-order valence-electron chi connectivity index (χ4n) is 1.58. The van der Waals surface area contributed by atoms with Crippen molar-refractivity contribution in [1.82, 2.24) is 14.9 Å². The van der Waals surface area contributed by atoms with Gasteiger partial charge in [-0.25, -0.2) is 9.55 Å². The van der Waals surface area contributed by atoms with Crippen LogP contribution in [0.25, 0.3) is 0 Å². The minimum absolute atomic E-state index is 0.0875. The zero-order valence-corrected chi connectivity index (χ0v) is 10.8. The maximum atomic E-state index is 11.5. The number of hydrogen-bond acceptors (Lipinski definition) is 6. The zero-order valence-electron chi connectivity index (χ0n) is 10.8. The van der Waals surface area contributed by atoms with Gasteiger partial charge in [0.2, 0.25) is 5.91 Å². The number of imidazole rings is 1. The maximum Gasteiger partial charge on any atom is 0.342 e. The second-order valence-corrected chi connectivity index (χ2v) is 4.07. The first-order valence-electron chi connectivity index (χ1n) is 5.74. The molecule has 0 aliphatic heterocycles. The number of aromatic nitrogens is 2. The molecule has 0 aliphatic rings. The molecule has 0 fully saturated rings. The van der Waals surface area contributed by atoms with Crippen LogP contribution in [0, 0.1) is 17.0 Å². The van der Waals surface area contributed by atoms with E-state index in [-0.39, 0.29) is 18.9 Å². The third kappa shape index (κ3) is 4.02. The summed E-state index contributed by atoms with van der Waals surface area (Å²) in [6.07, 6.45) is 0.656. The van der Waals surface area contributed by atoms with Gasteiger partial charge in [-0.15, -0.1) is 0 Å². The molecule has 4 N–H and O–H groups in total. The van der Waals surface area contributed by atoms with Crippen molar-refractivity contribution in [2.45, 2.75) is 25.9 Å². The number of nitrogens with one attached hydrogen (secondary N) is 1. The lowest BCUT2D eigenvalue weighted by Crippen LogP contribution is -2.43. The standard InChI is InChI=1S/C10H15N5O5/c1-6-13-5-8(15(19)20)14(6)3-2-12-10(18)7(11)4-9(16)17/h5,7H,2-4,11H2,1H3,(H,12,18)(H,16,17). The number of nitro groups is 1. The Morgan fingerprint density at radius 2 is 2.30 bits per heavy atom. The largest absolute Gasteiger partial charge is 0.481 e. The molecule has 0 saturated heterocycles. The molecule has 0 aliphatic carbocycles. The zero-order chi connectivity index (χ0) is 15.3. The quantitative estimate of drug-likeness (QED) is 0.429. The van der Waals surface area contributed by atoms with Crippen molar-refractivity contribution in [3.8, 4) is 0 Å². The van der Waals surface area contributed by atoms with Crippen LogP contribution in [0.5, 0.6) is 0 Å². The highest BCUT2D eigenvalue weighted by molar-refractivity contribution is 5.85. The first-order valence-corrected chi connectivity index (χ1v) is 5.74. The molecule has 1 amide bonds. The highest BCUT2D eigenvalue weighted by atomic mass is 16.6. The van der Waals surface area contributed by atoms with Crippen molar-refractivity contribution in [2.75, 3.05) is 6.54 Å². The molecule has 1 unspecified atom stereocenters. The summed E-state index contributed by atoms with van der Waals surface area (Å²) >= 11 is 0. The number of rotatable bonds is 7. The maximum absolute atomic E-state index is 11.5. The molecule has 110 valence electrons. The third-order valence-corrected chi connectivity index (χ3v) is 2.59. The number of carboxylic acids is 1. The van der Waals surface area contributed by atoms with Gasteiger partial charge >= 0.3 is 11.8 Å². The smallest absolute Gasteiger partial charge is 0.342 e. The number of nitrogens with two attached hydrogens (primary N) is 1. The van der Waals surface area contributed by atoms with E-state index in [2.05, 4.69) is 10.3 Å². The number of nitrogens with zero attached hydrogens (tertiary/aromatic N) is 3. The summed E-state index contributed by atoms with van der Waals surface area (Å²) in [4.78, 5) is 35.8. The second-order valence-electron chi connectivity index (χ2n) is 4.07. The van der Waals surface area contributed by atoms with Gasteiger partial charge in [0.25, 0.3) is 0 Å². The Bertz CT molecular complexity index is 526. The van der Waals surface area contributed by atoms with E-state index in [4.69, 9.17) is 10.8 Å². The summed E-state index contributed by atoms with van der Waals surface area (Å²) in [6.45, 7) is 1.84. The minimum atomic E-state index is -1.17. The van der Waals surface area contributed by atoms with Crippen molar-refractivity contribution >= 4 is 17.7 Å². The number of hydrogen-bond donors (Lipinski definition) is 3. The van der Waals surface area contributed by atoms with Gasteiger partial charge in [0.1, 0.15) is 12.7 Å². The van der Waals surface area contributed by atoms with Crippen molar-refractivity contribution in [2.24, 2.45) is 5.73 Å². The van der Waals surface area contributed by atoms with Gasteiger partial charge in [-0.2, -0.15) is 0 Å². The van der Waals surface area contributed by atoms with Crippen molar-refractivity contribution in [1.29, 1.82) is 0 Å². The van der Waals surface area contributed by atoms with Crippen LogP contribution in [-0.4, -0.2) is 44.0 Å². The van der Waals surface area contributed by atoms with E-state index >= 15 is 0 Å². The number of carbonyl (C=O) groups excluding carboxylic acids is 1. The summed E-state index contributed by atoms with van der Waals surface area (Å²) in [5.74, 6) is -1.52. The van der Waals surface area contributed by atoms with E-state index in [0.29, 0.717) is 5.82 Å². The molecule has 0 spiro atoms. The summed E-state index contributed by atoms with van der Waals surface area (Å²) in [5, 5.41) is 21.6. The van der Waals surface area contributed by atoms with Crippen LogP contribution in [0.1, 0.15) is 12.2 Å². The monoisotopic (exact) mass is 285 g/mol. The number of amides is 1. The van der Waals surface area contributed by atoms with Crippen molar-refractivity contribution < 1.29 is 19.6 Å². The Labute approximate surface area is 113 Å². The lowest BCUT2D eigenvalue weighted by atomic mass is 10.2. The normalized spacial score (nSPS) is 11.9. The Morgan fingerprint density at radius 3 is 2.85 bits per heavy atom. The molecular weight excluding hydrogens is 270 g/mol. The Kier molecular flexibility index (Phi) is 5.15. The van der Waals surface area contributed by atoms with Gasteiger partial charge in [-0.1, -0.05) is 0 Å². The molecule has 1 atom stereocenters. The van der Waals surface area contributed by atoms with E-state index in [0.717, 1.165) is 6.20 Å². The van der Waals surface area contributed by atoms with Crippen LogP contribution in [0.4, 0.5) is 5.82 Å². The molecule has 0 saturated carbocycles. The molecule has 0 aromatic carbocycles. The van der Waals surface area contributed by atoms with Crippen molar-refractivity contribution in [3.63, 3.8) is 0 Å². The summed E-state index contributed by atoms with van der Waals surface area (Å²) in [7, 11) is 0. The van der Waals surface area contributed by atoms with Gasteiger partial charge in [0.05, 0.1) is 19.0 Å². The summed E-state index contributed by atoms with van der Waals surface area (Å²) in [6, 6.07) is -1.15. The van der Waals surface area contributed by atoms with Gasteiger partial charge in [-0.05, 0) is 4.92 Å². The topological polar surface area (TPSA) is 153 Å². The van der Waals surface area contributed by atoms with Gasteiger partial charge < -0.3 is 26.3 Å². The average molecular weight is 285 g/mol. The van der Waals surface area contributed by atoms with E-state index in [9.17, 15) is 19.7 Å². The average Bonchev–Trinajstić information content (AvgIpc) is 2.70. The van der Waals surface area contributed by atoms with E-state index in [1.54, 1.807) is 6.92 Å². The fraction of sp³-hybridized carbons (Fsp3) is 0.500. The van der Waals surface area contributed by atoms with Gasteiger partial charge in [0, 0.05) is 6.92 Å². The van der Waals surface area contributed by atoms with Crippen molar-refractivity contribution in [3.05, 3.63) is 22.1 Å². The lowest BCUT2D eigenvalue weighted by molar-refractivity contribution is -0.392. The number of carbonyl (C=O) groups is 2. The molecule has 1 aromatic rings. The highest BCUT2D eigenvalue weighted by Crippen LogP contribution is 2.12. The van der Waals surface area contributed by atoms with Crippen LogP contribution in [0.3, 0.4) is 0 Å². The van der Waals surface area contributed by atoms with E-state index < -0.39 is 29.3 Å². The Balaban J connectivity index is 2.53. The number of aliphatic carboxylic acids is 1. The molecular formula is C10H15N5O5. The second kappa shape index (κ2) is 6.61. The first-order chi connectivity index (χ1) is 9.32. The van der Waals surface area contributed by atoms with Crippen LogP contribution < -0.4 is 11.1 Å². The summed E-state index contributed by atoms with van der Waals surface area (Å²) < 4.78 is 1.34. The predicted molar refractivity (Wildman–Crippen MR) is 66.9 cm³/mol. The Hall–Kier alpha value is -2.49. The van der Waals surface area contributed by atoms with Crippen LogP contribution in [0.15, 0.2) is 6.20 Å². The van der Waals surface area contributed by atoms with Crippen LogP contribution in [0.2, 0.25) is 0 Å². The molecule has 0 bridgehead atoms. The molecule has 1 aromatic heterocycles. The molecule has 20 heavy (non-hydrogen) atoms. The Morgan fingerprint density at radius 1 is 1.65 bits per heavy atom. The molecule has 0 radical (unpaired) electrons. The van der Waals surface area contributed by atoms with E-state index in [1.165, 1.54) is 4.57 Å². The van der Waals surface area contributed by atoms with Crippen LogP contribution >= 0.6 is 0 Å². The van der Waals surface area contributed by atoms with Crippen LogP contribution in [-0.2, 0) is 16.1 Å².